The summed E-state index contributed by atoms with van der Waals surface area (Å²) in [6.45, 7) is 3.12. The van der Waals surface area contributed by atoms with Gasteiger partial charge in [-0.1, -0.05) is 57.6 Å². The lowest BCUT2D eigenvalue weighted by molar-refractivity contribution is 0.175. The summed E-state index contributed by atoms with van der Waals surface area (Å²) in [5.41, 5.74) is 2.05. The van der Waals surface area contributed by atoms with Crippen molar-refractivity contribution in [2.75, 3.05) is 20.3 Å². The number of benzene rings is 1. The Morgan fingerprint density at radius 3 is 2.32 bits per heavy atom. The number of aromatic nitrogens is 2. The van der Waals surface area contributed by atoms with Crippen molar-refractivity contribution in [2.24, 2.45) is 5.92 Å². The molecule has 1 aromatic heterocycles. The predicted molar refractivity (Wildman–Crippen MR) is 137 cm³/mol. The normalized spacial score (nSPS) is 19.1. The number of hydrogen-bond acceptors (Lipinski definition) is 4. The molecule has 1 fully saturated rings. The summed E-state index contributed by atoms with van der Waals surface area (Å²) in [7, 11) is 1.69. The fraction of sp³-hybridized carbons (Fsp3) is 0.655. The summed E-state index contributed by atoms with van der Waals surface area (Å²) in [5.74, 6) is 3.09. The second kappa shape index (κ2) is 15.1. The molecule has 1 unspecified atom stereocenters. The molecular formula is C29H43FN2O2. The summed E-state index contributed by atoms with van der Waals surface area (Å²) in [4.78, 5) is 9.42. The summed E-state index contributed by atoms with van der Waals surface area (Å²) in [6.07, 6.45) is 16.8. The van der Waals surface area contributed by atoms with Gasteiger partial charge in [-0.3, -0.25) is 0 Å². The van der Waals surface area contributed by atoms with Gasteiger partial charge in [0.25, 0.3) is 0 Å². The molecule has 4 nitrogen and oxygen atoms in total. The molecule has 0 N–H and O–H groups in total. The van der Waals surface area contributed by atoms with Crippen molar-refractivity contribution in [3.8, 4) is 16.9 Å². The highest BCUT2D eigenvalue weighted by atomic mass is 19.1. The molecule has 1 atom stereocenters. The molecule has 0 radical (unpaired) electrons. The first-order chi connectivity index (χ1) is 16.7. The van der Waals surface area contributed by atoms with Gasteiger partial charge in [0.05, 0.1) is 0 Å². The predicted octanol–water partition coefficient (Wildman–Crippen LogP) is 7.92. The van der Waals surface area contributed by atoms with Crippen molar-refractivity contribution in [1.82, 2.24) is 9.97 Å². The van der Waals surface area contributed by atoms with Crippen molar-refractivity contribution in [3.63, 3.8) is 0 Å². The Balaban J connectivity index is 1.41. The van der Waals surface area contributed by atoms with Crippen LogP contribution in [0.25, 0.3) is 11.1 Å². The van der Waals surface area contributed by atoms with E-state index in [1.165, 1.54) is 51.4 Å². The van der Waals surface area contributed by atoms with E-state index in [0.29, 0.717) is 18.1 Å². The zero-order valence-electron chi connectivity index (χ0n) is 21.2. The van der Waals surface area contributed by atoms with Gasteiger partial charge in [-0.15, -0.1) is 0 Å². The number of alkyl halides is 1. The molecule has 5 heteroatoms. The Hall–Kier alpha value is -2.01. The maximum absolute atomic E-state index is 14.1. The van der Waals surface area contributed by atoms with E-state index in [0.717, 1.165) is 48.7 Å². The van der Waals surface area contributed by atoms with Gasteiger partial charge in [0.2, 0.25) is 0 Å². The minimum Gasteiger partial charge on any atom is -0.491 e. The van der Waals surface area contributed by atoms with E-state index in [9.17, 15) is 4.39 Å². The molecule has 1 aliphatic rings. The Morgan fingerprint density at radius 1 is 0.912 bits per heavy atom. The van der Waals surface area contributed by atoms with E-state index in [4.69, 9.17) is 19.4 Å². The molecule has 34 heavy (non-hydrogen) atoms. The van der Waals surface area contributed by atoms with Gasteiger partial charge in [-0.05, 0) is 62.1 Å². The summed E-state index contributed by atoms with van der Waals surface area (Å²) >= 11 is 0. The lowest BCUT2D eigenvalue weighted by atomic mass is 9.79. The molecule has 1 saturated carbocycles. The van der Waals surface area contributed by atoms with Gasteiger partial charge >= 0.3 is 0 Å². The molecule has 3 rings (SSSR count). The standard InChI is InChI=1S/C29H43FN2O2/c1-3-4-6-9-23-11-13-25(14-12-23)29-31-20-26(21-32-29)24-15-17-28(18-16-24)34-22-27(30)10-7-5-8-19-33-2/h15-18,20-21,23,25,27H,3-14,19,22H2,1-2H3. The molecule has 2 aromatic rings. The number of nitrogens with zero attached hydrogens (tertiary/aromatic N) is 2. The highest BCUT2D eigenvalue weighted by molar-refractivity contribution is 5.62. The molecule has 0 aliphatic heterocycles. The van der Waals surface area contributed by atoms with Gasteiger partial charge in [-0.25, -0.2) is 14.4 Å². The van der Waals surface area contributed by atoms with Crippen LogP contribution in [0.15, 0.2) is 36.7 Å². The highest BCUT2D eigenvalue weighted by Crippen LogP contribution is 2.36. The van der Waals surface area contributed by atoms with E-state index in [1.807, 2.05) is 36.7 Å². The molecule has 0 spiro atoms. The van der Waals surface area contributed by atoms with Crippen molar-refractivity contribution in [1.29, 1.82) is 0 Å². The minimum absolute atomic E-state index is 0.0995. The van der Waals surface area contributed by atoms with Crippen LogP contribution in [0.2, 0.25) is 0 Å². The van der Waals surface area contributed by atoms with Crippen LogP contribution in [0.4, 0.5) is 4.39 Å². The van der Waals surface area contributed by atoms with Crippen LogP contribution in [0, 0.1) is 5.92 Å². The fourth-order valence-electron chi connectivity index (χ4n) is 4.89. The first-order valence-corrected chi connectivity index (χ1v) is 13.4. The van der Waals surface area contributed by atoms with Crippen molar-refractivity contribution in [3.05, 3.63) is 42.5 Å². The number of unbranched alkanes of at least 4 members (excludes halogenated alkanes) is 4. The van der Waals surface area contributed by atoms with Crippen molar-refractivity contribution in [2.45, 2.75) is 96.1 Å². The molecule has 1 aliphatic carbocycles. The maximum Gasteiger partial charge on any atom is 0.134 e. The monoisotopic (exact) mass is 470 g/mol. The number of rotatable bonds is 15. The molecule has 188 valence electrons. The number of ether oxygens (including phenoxy) is 2. The largest absolute Gasteiger partial charge is 0.491 e. The van der Waals surface area contributed by atoms with E-state index in [2.05, 4.69) is 6.92 Å². The zero-order valence-corrected chi connectivity index (χ0v) is 21.2. The van der Waals surface area contributed by atoms with Crippen LogP contribution in [-0.4, -0.2) is 36.5 Å². The minimum atomic E-state index is -0.936. The summed E-state index contributed by atoms with van der Waals surface area (Å²) < 4.78 is 24.7. The molecule has 1 heterocycles. The third-order valence-corrected chi connectivity index (χ3v) is 7.08. The van der Waals surface area contributed by atoms with Crippen LogP contribution >= 0.6 is 0 Å². The Kier molecular flexibility index (Phi) is 11.8. The van der Waals surface area contributed by atoms with Crippen LogP contribution < -0.4 is 4.74 Å². The average Bonchev–Trinajstić information content (AvgIpc) is 2.88. The third-order valence-electron chi connectivity index (χ3n) is 7.08. The summed E-state index contributed by atoms with van der Waals surface area (Å²) in [5, 5.41) is 0. The molecule has 1 aromatic carbocycles. The van der Waals surface area contributed by atoms with Crippen LogP contribution in [0.1, 0.15) is 95.7 Å². The molecule has 0 bridgehead atoms. The fourth-order valence-corrected chi connectivity index (χ4v) is 4.89. The maximum atomic E-state index is 14.1. The van der Waals surface area contributed by atoms with E-state index in [1.54, 1.807) is 7.11 Å². The SMILES string of the molecule is CCCCCC1CCC(c2ncc(-c3ccc(OCC(F)CCCCCOC)cc3)cn2)CC1. The van der Waals surface area contributed by atoms with Gasteiger partial charge in [0, 0.05) is 37.6 Å². The Labute approximate surface area is 205 Å². The average molecular weight is 471 g/mol. The molecule has 0 amide bonds. The Bertz CT molecular complexity index is 789. The quantitative estimate of drug-likeness (QED) is 0.248. The van der Waals surface area contributed by atoms with E-state index < -0.39 is 6.17 Å². The van der Waals surface area contributed by atoms with Crippen molar-refractivity contribution < 1.29 is 13.9 Å². The zero-order chi connectivity index (χ0) is 24.0. The first-order valence-electron chi connectivity index (χ1n) is 13.4. The highest BCUT2D eigenvalue weighted by Gasteiger charge is 2.23. The lowest BCUT2D eigenvalue weighted by Gasteiger charge is -2.27. The van der Waals surface area contributed by atoms with Gasteiger partial charge < -0.3 is 9.47 Å². The topological polar surface area (TPSA) is 44.2 Å². The molecule has 0 saturated heterocycles. The smallest absolute Gasteiger partial charge is 0.134 e. The second-order valence-corrected chi connectivity index (χ2v) is 9.82. The molecular weight excluding hydrogens is 427 g/mol. The Morgan fingerprint density at radius 2 is 1.65 bits per heavy atom. The van der Waals surface area contributed by atoms with Gasteiger partial charge in [-0.2, -0.15) is 0 Å². The number of halogens is 1. The number of methoxy groups -OCH3 is 1. The lowest BCUT2D eigenvalue weighted by Crippen LogP contribution is -2.15. The number of hydrogen-bond donors (Lipinski definition) is 0. The van der Waals surface area contributed by atoms with E-state index >= 15 is 0 Å². The van der Waals surface area contributed by atoms with Crippen LogP contribution in [0.3, 0.4) is 0 Å². The van der Waals surface area contributed by atoms with Gasteiger partial charge in [0.15, 0.2) is 0 Å². The third kappa shape index (κ3) is 8.98. The van der Waals surface area contributed by atoms with Gasteiger partial charge in [0.1, 0.15) is 24.4 Å². The summed E-state index contributed by atoms with van der Waals surface area (Å²) in [6, 6.07) is 7.78. The van der Waals surface area contributed by atoms with Crippen molar-refractivity contribution >= 4 is 0 Å². The second-order valence-electron chi connectivity index (χ2n) is 9.82. The van der Waals surface area contributed by atoms with Crippen LogP contribution in [-0.2, 0) is 4.74 Å². The first kappa shape index (κ1) is 26.6. The van der Waals surface area contributed by atoms with Crippen LogP contribution in [0.5, 0.6) is 5.75 Å². The van der Waals surface area contributed by atoms with E-state index in [-0.39, 0.29) is 6.61 Å².